The van der Waals surface area contributed by atoms with Crippen molar-refractivity contribution in [2.75, 3.05) is 39.1 Å². The third-order valence-electron chi connectivity index (χ3n) is 3.50. The average molecular weight is 249 g/mol. The molecule has 0 aromatic carbocycles. The van der Waals surface area contributed by atoms with E-state index in [-0.39, 0.29) is 0 Å². The van der Waals surface area contributed by atoms with Crippen LogP contribution in [0.1, 0.15) is 18.5 Å². The van der Waals surface area contributed by atoms with Crippen molar-refractivity contribution in [3.63, 3.8) is 0 Å². The number of rotatable bonds is 4. The maximum absolute atomic E-state index is 4.52. The summed E-state index contributed by atoms with van der Waals surface area (Å²) < 4.78 is 0. The summed E-state index contributed by atoms with van der Waals surface area (Å²) in [6.07, 6.45) is 6.26. The second kappa shape index (κ2) is 6.11. The van der Waals surface area contributed by atoms with E-state index >= 15 is 0 Å². The molecule has 2 rings (SSSR count). The summed E-state index contributed by atoms with van der Waals surface area (Å²) >= 11 is 0. The number of hydrogen-bond acceptors (Lipinski definition) is 5. The average Bonchev–Trinajstić information content (AvgIpc) is 2.40. The first-order chi connectivity index (χ1) is 8.70. The van der Waals surface area contributed by atoms with Crippen molar-refractivity contribution in [2.24, 2.45) is 0 Å². The van der Waals surface area contributed by atoms with Gasteiger partial charge in [-0.05, 0) is 34.0 Å². The van der Waals surface area contributed by atoms with Gasteiger partial charge in [-0.2, -0.15) is 0 Å². The van der Waals surface area contributed by atoms with Crippen molar-refractivity contribution in [1.29, 1.82) is 0 Å². The van der Waals surface area contributed by atoms with Crippen LogP contribution in [0.5, 0.6) is 0 Å². The number of anilines is 1. The fourth-order valence-corrected chi connectivity index (χ4v) is 2.37. The van der Waals surface area contributed by atoms with E-state index in [0.29, 0.717) is 6.04 Å². The summed E-state index contributed by atoms with van der Waals surface area (Å²) in [6, 6.07) is 0.623. The number of piperidine rings is 1. The minimum atomic E-state index is 0.623. The van der Waals surface area contributed by atoms with Crippen molar-refractivity contribution < 1.29 is 0 Å². The molecule has 0 radical (unpaired) electrons. The largest absolute Gasteiger partial charge is 0.354 e. The molecule has 5 nitrogen and oxygen atoms in total. The lowest BCUT2D eigenvalue weighted by molar-refractivity contribution is 0.257. The van der Waals surface area contributed by atoms with Crippen LogP contribution >= 0.6 is 0 Å². The van der Waals surface area contributed by atoms with Crippen molar-refractivity contribution >= 4 is 5.82 Å². The molecular weight excluding hydrogens is 226 g/mol. The second-order valence-corrected chi connectivity index (χ2v) is 5.10. The van der Waals surface area contributed by atoms with Crippen LogP contribution in [0, 0.1) is 0 Å². The molecule has 1 aliphatic rings. The molecule has 5 heteroatoms. The van der Waals surface area contributed by atoms with Gasteiger partial charge in [-0.3, -0.25) is 4.98 Å². The van der Waals surface area contributed by atoms with Gasteiger partial charge < -0.3 is 15.1 Å². The van der Waals surface area contributed by atoms with Gasteiger partial charge in [0.1, 0.15) is 5.82 Å². The van der Waals surface area contributed by atoms with Crippen molar-refractivity contribution in [3.05, 3.63) is 18.1 Å². The Morgan fingerprint density at radius 3 is 2.83 bits per heavy atom. The zero-order valence-electron chi connectivity index (χ0n) is 11.6. The van der Waals surface area contributed by atoms with E-state index in [1.807, 2.05) is 19.4 Å². The minimum absolute atomic E-state index is 0.623. The lowest BCUT2D eigenvalue weighted by Gasteiger charge is -2.36. The Morgan fingerprint density at radius 1 is 1.39 bits per heavy atom. The van der Waals surface area contributed by atoms with Gasteiger partial charge >= 0.3 is 0 Å². The predicted octanol–water partition coefficient (Wildman–Crippen LogP) is 0.726. The topological polar surface area (TPSA) is 44.3 Å². The van der Waals surface area contributed by atoms with Crippen LogP contribution in [0.4, 0.5) is 5.82 Å². The first kappa shape index (κ1) is 13.2. The molecule has 0 bridgehead atoms. The molecule has 0 aliphatic carbocycles. The van der Waals surface area contributed by atoms with Gasteiger partial charge in [0, 0.05) is 25.7 Å². The fraction of sp³-hybridized carbons (Fsp3) is 0.692. The monoisotopic (exact) mass is 249 g/mol. The van der Waals surface area contributed by atoms with E-state index in [1.165, 1.54) is 12.8 Å². The molecule has 1 unspecified atom stereocenters. The molecule has 1 atom stereocenters. The van der Waals surface area contributed by atoms with Gasteiger partial charge in [0.25, 0.3) is 0 Å². The molecule has 1 aromatic rings. The quantitative estimate of drug-likeness (QED) is 0.852. The lowest BCUT2D eigenvalue weighted by atomic mass is 10.1. The normalized spacial score (nSPS) is 20.4. The van der Waals surface area contributed by atoms with Crippen molar-refractivity contribution in [3.8, 4) is 0 Å². The second-order valence-electron chi connectivity index (χ2n) is 5.10. The van der Waals surface area contributed by atoms with E-state index in [2.05, 4.69) is 39.2 Å². The minimum Gasteiger partial charge on any atom is -0.354 e. The third-order valence-corrected chi connectivity index (χ3v) is 3.50. The smallest absolute Gasteiger partial charge is 0.147 e. The van der Waals surface area contributed by atoms with Gasteiger partial charge in [-0.15, -0.1) is 0 Å². The van der Waals surface area contributed by atoms with Crippen LogP contribution in [0.3, 0.4) is 0 Å². The molecule has 1 saturated heterocycles. The molecule has 18 heavy (non-hydrogen) atoms. The molecule has 0 amide bonds. The summed E-state index contributed by atoms with van der Waals surface area (Å²) in [5.41, 5.74) is 0.988. The molecule has 0 saturated carbocycles. The van der Waals surface area contributed by atoms with Crippen LogP contribution in [-0.4, -0.2) is 55.1 Å². The van der Waals surface area contributed by atoms with Crippen molar-refractivity contribution in [2.45, 2.75) is 25.4 Å². The zero-order valence-corrected chi connectivity index (χ0v) is 11.6. The zero-order chi connectivity index (χ0) is 13.0. The number of nitrogens with zero attached hydrogens (tertiary/aromatic N) is 4. The molecule has 2 heterocycles. The van der Waals surface area contributed by atoms with Gasteiger partial charge in [0.15, 0.2) is 0 Å². The first-order valence-electron chi connectivity index (χ1n) is 6.57. The Bertz CT molecular complexity index is 362. The highest BCUT2D eigenvalue weighted by atomic mass is 15.2. The molecule has 100 valence electrons. The van der Waals surface area contributed by atoms with Gasteiger partial charge in [-0.25, -0.2) is 4.98 Å². The Morgan fingerprint density at radius 2 is 2.22 bits per heavy atom. The summed E-state index contributed by atoms with van der Waals surface area (Å²) in [7, 11) is 6.22. The van der Waals surface area contributed by atoms with E-state index < -0.39 is 0 Å². The molecule has 0 spiro atoms. The molecule has 1 N–H and O–H groups in total. The summed E-state index contributed by atoms with van der Waals surface area (Å²) in [6.45, 7) is 2.91. The summed E-state index contributed by atoms with van der Waals surface area (Å²) in [5, 5.41) is 3.08. The van der Waals surface area contributed by atoms with E-state index in [4.69, 9.17) is 0 Å². The van der Waals surface area contributed by atoms with E-state index in [0.717, 1.165) is 31.1 Å². The Hall–Kier alpha value is -1.20. The third kappa shape index (κ3) is 3.17. The highest BCUT2D eigenvalue weighted by molar-refractivity contribution is 5.36. The van der Waals surface area contributed by atoms with Crippen LogP contribution < -0.4 is 10.2 Å². The molecular formula is C13H23N5. The summed E-state index contributed by atoms with van der Waals surface area (Å²) in [4.78, 5) is 13.6. The van der Waals surface area contributed by atoms with E-state index in [1.54, 1.807) is 0 Å². The van der Waals surface area contributed by atoms with Crippen LogP contribution in [0.2, 0.25) is 0 Å². The number of aromatic nitrogens is 2. The van der Waals surface area contributed by atoms with Crippen LogP contribution in [0.25, 0.3) is 0 Å². The first-order valence-corrected chi connectivity index (χ1v) is 6.57. The highest BCUT2D eigenvalue weighted by Gasteiger charge is 2.22. The number of hydrogen-bond donors (Lipinski definition) is 1. The molecule has 1 aromatic heterocycles. The fourth-order valence-electron chi connectivity index (χ4n) is 2.37. The van der Waals surface area contributed by atoms with Gasteiger partial charge in [-0.1, -0.05) is 0 Å². The number of likely N-dealkylation sites (N-methyl/N-ethyl adjacent to an activating group) is 1. The predicted molar refractivity (Wildman–Crippen MR) is 73.7 cm³/mol. The van der Waals surface area contributed by atoms with Gasteiger partial charge in [0.2, 0.25) is 0 Å². The Labute approximate surface area is 109 Å². The standard InChI is InChI=1S/C13H23N5/c1-14-7-11-8-16-13(9-15-11)18-6-4-5-12(10-18)17(2)3/h8-9,12,14H,4-7,10H2,1-3H3. The van der Waals surface area contributed by atoms with E-state index in [9.17, 15) is 0 Å². The SMILES string of the molecule is CNCc1cnc(N2CCCC(N(C)C)C2)cn1. The Balaban J connectivity index is 2.02. The van der Waals surface area contributed by atoms with Crippen molar-refractivity contribution in [1.82, 2.24) is 20.2 Å². The highest BCUT2D eigenvalue weighted by Crippen LogP contribution is 2.19. The summed E-state index contributed by atoms with van der Waals surface area (Å²) in [5.74, 6) is 1.00. The van der Waals surface area contributed by atoms with Gasteiger partial charge in [0.05, 0.1) is 18.1 Å². The Kier molecular flexibility index (Phi) is 4.49. The maximum atomic E-state index is 4.52. The molecule has 1 fully saturated rings. The van der Waals surface area contributed by atoms with Crippen LogP contribution in [-0.2, 0) is 6.54 Å². The number of nitrogens with one attached hydrogen (secondary N) is 1. The molecule has 1 aliphatic heterocycles. The maximum Gasteiger partial charge on any atom is 0.147 e. The lowest BCUT2D eigenvalue weighted by Crippen LogP contribution is -2.45. The van der Waals surface area contributed by atoms with Crippen LogP contribution in [0.15, 0.2) is 12.4 Å².